The van der Waals surface area contributed by atoms with Gasteiger partial charge in [-0.1, -0.05) is 51.1 Å². The van der Waals surface area contributed by atoms with E-state index in [0.29, 0.717) is 28.8 Å². The fourth-order valence-electron chi connectivity index (χ4n) is 5.20. The maximum absolute atomic E-state index is 12.8. The first kappa shape index (κ1) is 33.7. The third kappa shape index (κ3) is 6.99. The molecule has 3 aromatic carbocycles. The molecular weight excluding hydrogens is 640 g/mol. The molecule has 2 aromatic heterocycles. The first-order valence-corrected chi connectivity index (χ1v) is 15.7. The van der Waals surface area contributed by atoms with Gasteiger partial charge in [-0.05, 0) is 40.8 Å². The molecule has 0 fully saturated rings. The summed E-state index contributed by atoms with van der Waals surface area (Å²) in [5, 5.41) is 3.28. The first-order valence-electron chi connectivity index (χ1n) is 15.7. The molecule has 1 aliphatic rings. The molecule has 50 heavy (non-hydrogen) atoms. The number of ether oxygens (including phenoxy) is 5. The van der Waals surface area contributed by atoms with E-state index in [9.17, 15) is 4.79 Å². The Balaban J connectivity index is 1.64. The maximum atomic E-state index is 12.8. The van der Waals surface area contributed by atoms with Crippen LogP contribution in [0.15, 0.2) is 66.7 Å². The molecule has 258 valence electrons. The number of fused-ring (bicyclic) bond motifs is 8. The van der Waals surface area contributed by atoms with E-state index in [4.69, 9.17) is 28.7 Å². The summed E-state index contributed by atoms with van der Waals surface area (Å²) in [7, 11) is 7.96. The number of nitrogens with one attached hydrogen (secondary N) is 1. The number of methoxy groups -OCH3 is 3. The Hall–Kier alpha value is -6.18. The molecule has 3 heterocycles. The summed E-state index contributed by atoms with van der Waals surface area (Å²) in [4.78, 5) is 39.3. The third-order valence-corrected chi connectivity index (χ3v) is 8.01. The highest BCUT2D eigenvalue weighted by Gasteiger charge is 2.28. The van der Waals surface area contributed by atoms with Gasteiger partial charge in [-0.15, -0.1) is 4.98 Å². The van der Waals surface area contributed by atoms with Gasteiger partial charge in [0.05, 0.1) is 32.7 Å². The number of hydrogen-bond donors (Lipinski definition) is 1. The van der Waals surface area contributed by atoms with E-state index in [-0.39, 0.29) is 47.3 Å². The lowest BCUT2D eigenvalue weighted by Gasteiger charge is -2.31. The molecule has 14 heteroatoms. The van der Waals surface area contributed by atoms with Crippen molar-refractivity contribution in [1.82, 2.24) is 24.9 Å². The highest BCUT2D eigenvalue weighted by Crippen LogP contribution is 2.46. The third-order valence-electron chi connectivity index (χ3n) is 8.01. The minimum absolute atomic E-state index is 0.00147. The molecule has 0 spiro atoms. The number of carbonyl (C=O) groups excluding carboxylic acids is 1. The standard InChI is InChI=1S/C36H38N8O6/c1-36(2,3)22-16-25-30(49-20-21-12-10-9-11-13-21)26(17-22)44(5)32-40-34(48-8)42-35(41-32)50-27-18-23(14-15-24(27)31(45)46-6)37-28-19-29(43(25)4)39-33(38-28)47-7/h9-19H,20H2,1-8H3,(H,37,38,39). The second-order valence-electron chi connectivity index (χ2n) is 12.4. The van der Waals surface area contributed by atoms with Crippen molar-refractivity contribution in [3.8, 4) is 29.5 Å². The van der Waals surface area contributed by atoms with Crippen LogP contribution in [0.2, 0.25) is 0 Å². The second kappa shape index (κ2) is 13.7. The smallest absolute Gasteiger partial charge is 0.341 e. The minimum atomic E-state index is -0.612. The highest BCUT2D eigenvalue weighted by molar-refractivity contribution is 5.93. The molecule has 6 rings (SSSR count). The normalized spacial score (nSPS) is 12.4. The molecule has 0 saturated heterocycles. The molecule has 1 N–H and O–H groups in total. The van der Waals surface area contributed by atoms with Crippen molar-refractivity contribution in [3.05, 3.63) is 83.4 Å². The molecule has 8 bridgehead atoms. The number of anilines is 6. The summed E-state index contributed by atoms with van der Waals surface area (Å²) in [6, 6.07) is 20.7. The number of rotatable bonds is 6. The lowest BCUT2D eigenvalue weighted by atomic mass is 9.86. The van der Waals surface area contributed by atoms with E-state index in [1.165, 1.54) is 21.3 Å². The zero-order chi connectivity index (χ0) is 35.6. The predicted molar refractivity (Wildman–Crippen MR) is 188 cm³/mol. The van der Waals surface area contributed by atoms with Crippen molar-refractivity contribution in [2.45, 2.75) is 32.8 Å². The van der Waals surface area contributed by atoms with Crippen LogP contribution in [0.3, 0.4) is 0 Å². The summed E-state index contributed by atoms with van der Waals surface area (Å²) >= 11 is 0. The van der Waals surface area contributed by atoms with Gasteiger partial charge in [0.1, 0.15) is 29.6 Å². The van der Waals surface area contributed by atoms with Gasteiger partial charge in [0.25, 0.3) is 0 Å². The second-order valence-corrected chi connectivity index (χ2v) is 12.4. The van der Waals surface area contributed by atoms with Crippen molar-refractivity contribution >= 4 is 40.6 Å². The Morgan fingerprint density at radius 3 is 2.20 bits per heavy atom. The average molecular weight is 679 g/mol. The van der Waals surface area contributed by atoms with Crippen molar-refractivity contribution in [2.75, 3.05) is 50.5 Å². The van der Waals surface area contributed by atoms with Gasteiger partial charge in [-0.3, -0.25) is 0 Å². The fourth-order valence-corrected chi connectivity index (χ4v) is 5.20. The van der Waals surface area contributed by atoms with E-state index < -0.39 is 5.97 Å². The minimum Gasteiger partial charge on any atom is -0.485 e. The Morgan fingerprint density at radius 2 is 1.52 bits per heavy atom. The quantitative estimate of drug-likeness (QED) is 0.189. The van der Waals surface area contributed by atoms with Gasteiger partial charge in [0, 0.05) is 31.9 Å². The Kier molecular flexibility index (Phi) is 9.27. The van der Waals surface area contributed by atoms with E-state index in [1.807, 2.05) is 55.4 Å². The van der Waals surface area contributed by atoms with Crippen LogP contribution in [-0.4, -0.2) is 66.3 Å². The zero-order valence-corrected chi connectivity index (χ0v) is 29.1. The highest BCUT2D eigenvalue weighted by atomic mass is 16.5. The van der Waals surface area contributed by atoms with Crippen LogP contribution in [0.4, 0.5) is 34.6 Å². The molecule has 0 amide bonds. The molecule has 0 radical (unpaired) electrons. The van der Waals surface area contributed by atoms with Gasteiger partial charge < -0.3 is 38.8 Å². The van der Waals surface area contributed by atoms with E-state index in [1.54, 1.807) is 29.2 Å². The van der Waals surface area contributed by atoms with Crippen LogP contribution in [0.25, 0.3) is 0 Å². The average Bonchev–Trinajstić information content (AvgIpc) is 3.12. The van der Waals surface area contributed by atoms with E-state index in [0.717, 1.165) is 16.8 Å². The summed E-state index contributed by atoms with van der Waals surface area (Å²) in [5.41, 5.74) is 3.76. The van der Waals surface area contributed by atoms with E-state index in [2.05, 4.69) is 52.1 Å². The molecule has 5 aromatic rings. The van der Waals surface area contributed by atoms with Crippen LogP contribution < -0.4 is 34.1 Å². The molecule has 0 atom stereocenters. The number of carbonyl (C=O) groups is 1. The Labute approximate surface area is 290 Å². The lowest BCUT2D eigenvalue weighted by Crippen LogP contribution is -2.21. The van der Waals surface area contributed by atoms with Gasteiger partial charge >= 0.3 is 24.0 Å². The molecular formula is C36H38N8O6. The number of hydrogen-bond acceptors (Lipinski definition) is 14. The van der Waals surface area contributed by atoms with Gasteiger partial charge in [-0.25, -0.2) is 4.79 Å². The topological polar surface area (TPSA) is 146 Å². The lowest BCUT2D eigenvalue weighted by molar-refractivity contribution is 0.0597. The first-order chi connectivity index (χ1) is 24.0. The summed E-state index contributed by atoms with van der Waals surface area (Å²) < 4.78 is 28.9. The predicted octanol–water partition coefficient (Wildman–Crippen LogP) is 6.73. The number of aromatic nitrogens is 5. The molecule has 1 aliphatic heterocycles. The molecule has 14 nitrogen and oxygen atoms in total. The van der Waals surface area contributed by atoms with Crippen molar-refractivity contribution in [3.63, 3.8) is 0 Å². The van der Waals surface area contributed by atoms with Crippen LogP contribution in [0.5, 0.6) is 29.5 Å². The van der Waals surface area contributed by atoms with Crippen LogP contribution in [-0.2, 0) is 16.8 Å². The SMILES string of the molecule is COC(=O)c1ccc2cc1Oc1nc(OC)nc(n1)N(C)c1cc(C(C)(C)C)cc(c1OCc1ccccc1)N(C)c1cc(nc(OC)n1)N2. The zero-order valence-electron chi connectivity index (χ0n) is 29.1. The summed E-state index contributed by atoms with van der Waals surface area (Å²) in [5.74, 6) is 1.18. The number of nitrogens with zero attached hydrogens (tertiary/aromatic N) is 7. The largest absolute Gasteiger partial charge is 0.485 e. The van der Waals surface area contributed by atoms with Gasteiger partial charge in [0.2, 0.25) is 5.95 Å². The molecule has 0 saturated carbocycles. The summed E-state index contributed by atoms with van der Waals surface area (Å²) in [6.07, 6.45) is 0. The number of esters is 1. The van der Waals surface area contributed by atoms with Crippen LogP contribution >= 0.6 is 0 Å². The fraction of sp³-hybridized carbons (Fsp3) is 0.278. The Bertz CT molecular complexity index is 2040. The van der Waals surface area contributed by atoms with Gasteiger partial charge in [-0.2, -0.15) is 19.9 Å². The van der Waals surface area contributed by atoms with Crippen molar-refractivity contribution < 1.29 is 28.5 Å². The van der Waals surface area contributed by atoms with Crippen molar-refractivity contribution in [2.24, 2.45) is 0 Å². The van der Waals surface area contributed by atoms with E-state index >= 15 is 0 Å². The van der Waals surface area contributed by atoms with Gasteiger partial charge in [0.15, 0.2) is 5.75 Å². The van der Waals surface area contributed by atoms with Crippen LogP contribution in [0, 0.1) is 0 Å². The van der Waals surface area contributed by atoms with Crippen LogP contribution in [0.1, 0.15) is 42.3 Å². The summed E-state index contributed by atoms with van der Waals surface area (Å²) in [6.45, 7) is 6.67. The molecule has 0 unspecified atom stereocenters. The number of benzene rings is 3. The Morgan fingerprint density at radius 1 is 0.820 bits per heavy atom. The monoisotopic (exact) mass is 678 g/mol. The maximum Gasteiger partial charge on any atom is 0.341 e. The van der Waals surface area contributed by atoms with Crippen molar-refractivity contribution in [1.29, 1.82) is 0 Å². The molecule has 0 aliphatic carbocycles.